The molecule has 0 bridgehead atoms. The van der Waals surface area contributed by atoms with Crippen LogP contribution in [0.3, 0.4) is 0 Å². The molecular weight excluding hydrogens is 472 g/mol. The van der Waals surface area contributed by atoms with Crippen LogP contribution in [0.2, 0.25) is 0 Å². The summed E-state index contributed by atoms with van der Waals surface area (Å²) in [6, 6.07) is 12.5. The van der Waals surface area contributed by atoms with Gasteiger partial charge in [0.25, 0.3) is 5.91 Å². The van der Waals surface area contributed by atoms with Crippen LogP contribution in [0.25, 0.3) is 0 Å². The van der Waals surface area contributed by atoms with Crippen molar-refractivity contribution in [1.29, 1.82) is 0 Å². The van der Waals surface area contributed by atoms with Crippen molar-refractivity contribution < 1.29 is 19.1 Å². The molecule has 2 rings (SSSR count). The molecule has 0 aliphatic heterocycles. The van der Waals surface area contributed by atoms with E-state index < -0.39 is 6.04 Å². The van der Waals surface area contributed by atoms with Crippen LogP contribution < -0.4 is 14.8 Å². The van der Waals surface area contributed by atoms with E-state index in [1.165, 1.54) is 0 Å². The number of rotatable bonds is 12. The summed E-state index contributed by atoms with van der Waals surface area (Å²) < 4.78 is 12.0. The smallest absolute Gasteiger partial charge is 0.261 e. The molecule has 0 saturated heterocycles. The number of unbranched alkanes of at least 4 members (excludes halogenated alkanes) is 1. The Morgan fingerprint density at radius 3 is 2.38 bits per heavy atom. The van der Waals surface area contributed by atoms with Crippen LogP contribution in [-0.2, 0) is 16.1 Å². The Morgan fingerprint density at radius 1 is 1.09 bits per heavy atom. The zero-order chi connectivity index (χ0) is 23.5. The first-order chi connectivity index (χ1) is 15.4. The number of carbonyl (C=O) groups excluding carboxylic acids is 2. The van der Waals surface area contributed by atoms with Crippen molar-refractivity contribution in [2.75, 3.05) is 20.3 Å². The highest BCUT2D eigenvalue weighted by Crippen LogP contribution is 2.22. The van der Waals surface area contributed by atoms with E-state index in [2.05, 4.69) is 28.2 Å². The molecular formula is C25H33BrN2O4. The fourth-order valence-electron chi connectivity index (χ4n) is 3.29. The lowest BCUT2D eigenvalue weighted by molar-refractivity contribution is -0.143. The van der Waals surface area contributed by atoms with Crippen LogP contribution in [0.5, 0.6) is 11.5 Å². The fourth-order valence-corrected chi connectivity index (χ4v) is 3.53. The van der Waals surface area contributed by atoms with Gasteiger partial charge in [0.2, 0.25) is 5.91 Å². The molecule has 6 nitrogen and oxygen atoms in total. The van der Waals surface area contributed by atoms with Crippen molar-refractivity contribution in [2.24, 2.45) is 0 Å². The minimum Gasteiger partial charge on any atom is -0.497 e. The van der Waals surface area contributed by atoms with Gasteiger partial charge in [-0.3, -0.25) is 9.59 Å². The van der Waals surface area contributed by atoms with Crippen LogP contribution in [0.4, 0.5) is 0 Å². The molecule has 0 heterocycles. The highest BCUT2D eigenvalue weighted by molar-refractivity contribution is 9.10. The highest BCUT2D eigenvalue weighted by Gasteiger charge is 2.28. The Labute approximate surface area is 199 Å². The van der Waals surface area contributed by atoms with E-state index in [-0.39, 0.29) is 18.4 Å². The Bertz CT molecular complexity index is 886. The molecule has 7 heteroatoms. The third-order valence-electron chi connectivity index (χ3n) is 5.22. The molecule has 1 N–H and O–H groups in total. The van der Waals surface area contributed by atoms with Gasteiger partial charge in [-0.05, 0) is 61.2 Å². The molecule has 0 aliphatic rings. The largest absolute Gasteiger partial charge is 0.497 e. The van der Waals surface area contributed by atoms with E-state index in [0.717, 1.165) is 34.2 Å². The monoisotopic (exact) mass is 504 g/mol. The van der Waals surface area contributed by atoms with Gasteiger partial charge in [0, 0.05) is 17.6 Å². The molecule has 174 valence electrons. The number of hydrogen-bond acceptors (Lipinski definition) is 4. The second-order valence-electron chi connectivity index (χ2n) is 7.64. The lowest BCUT2D eigenvalue weighted by Crippen LogP contribution is -2.50. The summed E-state index contributed by atoms with van der Waals surface area (Å²) >= 11 is 3.47. The zero-order valence-electron chi connectivity index (χ0n) is 19.3. The minimum absolute atomic E-state index is 0.137. The van der Waals surface area contributed by atoms with Gasteiger partial charge in [-0.15, -0.1) is 0 Å². The van der Waals surface area contributed by atoms with Crippen LogP contribution in [-0.4, -0.2) is 43.0 Å². The van der Waals surface area contributed by atoms with Crippen LogP contribution in [0.1, 0.15) is 44.2 Å². The molecule has 0 aliphatic carbocycles. The Hall–Kier alpha value is -2.54. The van der Waals surface area contributed by atoms with E-state index in [0.29, 0.717) is 25.3 Å². The number of nitrogens with zero attached hydrogens (tertiary/aromatic N) is 1. The summed E-state index contributed by atoms with van der Waals surface area (Å²) in [6.07, 6.45) is 2.41. The predicted octanol–water partition coefficient (Wildman–Crippen LogP) is 4.87. The van der Waals surface area contributed by atoms with E-state index in [4.69, 9.17) is 9.47 Å². The van der Waals surface area contributed by atoms with Gasteiger partial charge in [-0.2, -0.15) is 0 Å². The van der Waals surface area contributed by atoms with Crippen molar-refractivity contribution in [3.63, 3.8) is 0 Å². The van der Waals surface area contributed by atoms with Gasteiger partial charge in [0.1, 0.15) is 17.5 Å². The topological polar surface area (TPSA) is 67.9 Å². The molecule has 2 aromatic carbocycles. The first-order valence-corrected chi connectivity index (χ1v) is 11.8. The summed E-state index contributed by atoms with van der Waals surface area (Å²) in [5, 5.41) is 2.96. The summed E-state index contributed by atoms with van der Waals surface area (Å²) in [6.45, 7) is 6.72. The van der Waals surface area contributed by atoms with Gasteiger partial charge in [0.15, 0.2) is 6.61 Å². The number of ether oxygens (including phenoxy) is 2. The van der Waals surface area contributed by atoms with E-state index in [1.807, 2.05) is 56.3 Å². The Balaban J connectivity index is 2.18. The van der Waals surface area contributed by atoms with Crippen molar-refractivity contribution in [1.82, 2.24) is 10.2 Å². The third kappa shape index (κ3) is 7.55. The quantitative estimate of drug-likeness (QED) is 0.418. The molecule has 0 aromatic heterocycles. The lowest BCUT2D eigenvalue weighted by atomic mass is 10.1. The minimum atomic E-state index is -0.572. The highest BCUT2D eigenvalue weighted by atomic mass is 79.9. The summed E-state index contributed by atoms with van der Waals surface area (Å²) in [5.74, 6) is 0.981. The fraction of sp³-hybridized carbons (Fsp3) is 0.440. The number of nitrogens with one attached hydrogen (secondary N) is 1. The first kappa shape index (κ1) is 25.7. The van der Waals surface area contributed by atoms with Crippen LogP contribution in [0, 0.1) is 6.92 Å². The van der Waals surface area contributed by atoms with Crippen LogP contribution >= 0.6 is 15.9 Å². The Morgan fingerprint density at radius 2 is 1.78 bits per heavy atom. The predicted molar refractivity (Wildman–Crippen MR) is 130 cm³/mol. The van der Waals surface area contributed by atoms with E-state index in [9.17, 15) is 9.59 Å². The maximum absolute atomic E-state index is 13.2. The molecule has 32 heavy (non-hydrogen) atoms. The number of aryl methyl sites for hydroxylation is 1. The molecule has 1 atom stereocenters. The number of benzene rings is 2. The average Bonchev–Trinajstić information content (AvgIpc) is 2.80. The van der Waals surface area contributed by atoms with Crippen LogP contribution in [0.15, 0.2) is 46.9 Å². The normalized spacial score (nSPS) is 11.5. The molecule has 0 spiro atoms. The maximum atomic E-state index is 13.2. The summed E-state index contributed by atoms with van der Waals surface area (Å²) in [7, 11) is 1.61. The Kier molecular flexibility index (Phi) is 10.5. The molecule has 0 radical (unpaired) electrons. The molecule has 2 amide bonds. The van der Waals surface area contributed by atoms with Gasteiger partial charge < -0.3 is 19.7 Å². The SMILES string of the molecule is CCCCNC(=O)[C@@H](CC)N(Cc1ccc(OC)cc1)C(=O)COc1ccc(Br)c(C)c1. The number of methoxy groups -OCH3 is 1. The maximum Gasteiger partial charge on any atom is 0.261 e. The molecule has 0 unspecified atom stereocenters. The summed E-state index contributed by atoms with van der Waals surface area (Å²) in [5.41, 5.74) is 1.94. The van der Waals surface area contributed by atoms with Crippen molar-refractivity contribution in [2.45, 2.75) is 52.6 Å². The standard InChI is InChI=1S/C25H33BrN2O4/c1-5-7-14-27-25(30)23(6-2)28(16-19-8-10-20(31-4)11-9-19)24(29)17-32-21-12-13-22(26)18(3)15-21/h8-13,15,23H,5-7,14,16-17H2,1-4H3,(H,27,30)/t23-/m1/s1. The average molecular weight is 505 g/mol. The van der Waals surface area contributed by atoms with Crippen molar-refractivity contribution in [3.8, 4) is 11.5 Å². The summed E-state index contributed by atoms with van der Waals surface area (Å²) in [4.78, 5) is 27.7. The van der Waals surface area contributed by atoms with Gasteiger partial charge in [-0.25, -0.2) is 0 Å². The van der Waals surface area contributed by atoms with Crippen molar-refractivity contribution >= 4 is 27.7 Å². The lowest BCUT2D eigenvalue weighted by Gasteiger charge is -2.30. The first-order valence-electron chi connectivity index (χ1n) is 11.0. The molecule has 0 saturated carbocycles. The van der Waals surface area contributed by atoms with Crippen molar-refractivity contribution in [3.05, 3.63) is 58.1 Å². The van der Waals surface area contributed by atoms with E-state index >= 15 is 0 Å². The van der Waals surface area contributed by atoms with Gasteiger partial charge >= 0.3 is 0 Å². The van der Waals surface area contributed by atoms with Gasteiger partial charge in [-0.1, -0.05) is 48.3 Å². The third-order valence-corrected chi connectivity index (χ3v) is 6.11. The second-order valence-corrected chi connectivity index (χ2v) is 8.49. The number of carbonyl (C=O) groups is 2. The molecule has 0 fully saturated rings. The van der Waals surface area contributed by atoms with Gasteiger partial charge in [0.05, 0.1) is 7.11 Å². The number of amides is 2. The second kappa shape index (κ2) is 13.1. The molecule has 2 aromatic rings. The number of hydrogen-bond donors (Lipinski definition) is 1. The number of halogens is 1. The van der Waals surface area contributed by atoms with E-state index in [1.54, 1.807) is 12.0 Å². The zero-order valence-corrected chi connectivity index (χ0v) is 20.9.